The van der Waals surface area contributed by atoms with Gasteiger partial charge in [-0.25, -0.2) is 19.2 Å². The van der Waals surface area contributed by atoms with E-state index in [1.807, 2.05) is 102 Å². The number of carbonyl (C=O) groups excluding carboxylic acids is 3. The van der Waals surface area contributed by atoms with Crippen molar-refractivity contribution in [3.63, 3.8) is 0 Å². The van der Waals surface area contributed by atoms with Gasteiger partial charge in [-0.2, -0.15) is 0 Å². The van der Waals surface area contributed by atoms with Crippen LogP contribution in [0.1, 0.15) is 142 Å². The fourth-order valence-electron chi connectivity index (χ4n) is 8.49. The number of esters is 1. The summed E-state index contributed by atoms with van der Waals surface area (Å²) in [5.41, 5.74) is 8.03. The molecule has 3 N–H and O–H groups in total. The average Bonchev–Trinajstić information content (AvgIpc) is 3.80. The van der Waals surface area contributed by atoms with Gasteiger partial charge in [0.25, 0.3) is 0 Å². The highest BCUT2D eigenvalue weighted by Gasteiger charge is 2.35. The van der Waals surface area contributed by atoms with Crippen molar-refractivity contribution in [3.05, 3.63) is 119 Å². The number of alkyl carbamates (subject to hydrolysis) is 2. The number of aliphatic carboxylic acids is 1. The summed E-state index contributed by atoms with van der Waals surface area (Å²) < 4.78 is 29.4. The number of rotatable bonds is 19. The van der Waals surface area contributed by atoms with Gasteiger partial charge in [0.2, 0.25) is 0 Å². The number of hydrogen-bond donors (Lipinski definition) is 3. The van der Waals surface area contributed by atoms with E-state index in [2.05, 4.69) is 83.5 Å². The molecule has 0 saturated carbocycles. The number of alkyl halides is 1. The second kappa shape index (κ2) is 27.4. The van der Waals surface area contributed by atoms with Gasteiger partial charge in [0.05, 0.1) is 30.0 Å². The molecule has 2 amide bonds. The Morgan fingerprint density at radius 2 is 0.899 bits per heavy atom. The molecule has 12 nitrogen and oxygen atoms in total. The Bertz CT molecular complexity index is 2170. The van der Waals surface area contributed by atoms with Crippen LogP contribution >= 0.6 is 22.6 Å². The predicted octanol–water partition coefficient (Wildman–Crippen LogP) is 12.6. The molecule has 0 spiro atoms. The van der Waals surface area contributed by atoms with Crippen molar-refractivity contribution in [2.75, 3.05) is 24.2 Å². The molecule has 0 heterocycles. The number of ether oxygens (including phenoxy) is 5. The molecule has 2 unspecified atom stereocenters. The van der Waals surface area contributed by atoms with Crippen LogP contribution in [0.4, 0.5) is 9.59 Å². The maximum atomic E-state index is 12.8. The molecule has 0 fully saturated rings. The van der Waals surface area contributed by atoms with Gasteiger partial charge in [0.15, 0.2) is 12.1 Å². The van der Waals surface area contributed by atoms with E-state index in [0.717, 1.165) is 63.8 Å². The standard InChI is InChI=1S/C28H37NO5.C23H27NO5.C5H11I/c1-6-7-12-17-32-26(30)25(19(2)34-28(3,4)5)29-27(31)33-18-24-22-15-10-8-13-20(22)21-14-9-11-16-23(21)24;1-14(29-23(2,3)4)20(21(25)26)24-22(27)28-13-19-17-11-7-5-9-15(17)16-10-6-8-12-18(16)19;1-2-3-4-5-6/h8-11,13-16,19,24-25H,6-7,12,17-18H2,1-5H3,(H,29,31);5-12,14,19-20H,13H2,1-4H3,(H,24,27)(H,25,26);2-5H2,1H3/t19?,25-;14?,20-;/m00./s1. The van der Waals surface area contributed by atoms with E-state index in [1.165, 1.54) is 23.7 Å². The molecule has 0 saturated heterocycles. The highest BCUT2D eigenvalue weighted by Crippen LogP contribution is 2.45. The van der Waals surface area contributed by atoms with E-state index in [4.69, 9.17) is 23.7 Å². The van der Waals surface area contributed by atoms with E-state index < -0.39 is 59.6 Å². The minimum Gasteiger partial charge on any atom is -0.480 e. The predicted molar refractivity (Wildman–Crippen MR) is 281 cm³/mol. The number of carbonyl (C=O) groups is 4. The number of carboxylic acid groups (broad SMARTS) is 1. The first-order valence-corrected chi connectivity index (χ1v) is 25.9. The van der Waals surface area contributed by atoms with Crippen molar-refractivity contribution in [2.45, 2.75) is 155 Å². The molecule has 376 valence electrons. The van der Waals surface area contributed by atoms with Crippen LogP contribution < -0.4 is 10.6 Å². The number of benzene rings is 4. The van der Waals surface area contributed by atoms with Crippen LogP contribution in [0.2, 0.25) is 0 Å². The van der Waals surface area contributed by atoms with E-state index in [9.17, 15) is 24.3 Å². The molecule has 4 aromatic rings. The zero-order valence-electron chi connectivity index (χ0n) is 42.3. The lowest BCUT2D eigenvalue weighted by Gasteiger charge is -2.30. The van der Waals surface area contributed by atoms with Crippen LogP contribution in [0.25, 0.3) is 22.3 Å². The summed E-state index contributed by atoms with van der Waals surface area (Å²) in [6.45, 7) is 19.5. The molecular weight excluding hydrogens is 988 g/mol. The summed E-state index contributed by atoms with van der Waals surface area (Å²) in [6.07, 6.45) is 4.21. The van der Waals surface area contributed by atoms with Crippen molar-refractivity contribution < 1.29 is 48.0 Å². The van der Waals surface area contributed by atoms with Gasteiger partial charge < -0.3 is 39.4 Å². The quantitative estimate of drug-likeness (QED) is 0.0271. The Morgan fingerprint density at radius 1 is 0.551 bits per heavy atom. The highest BCUT2D eigenvalue weighted by molar-refractivity contribution is 14.1. The monoisotopic (exact) mass is 1060 g/mol. The summed E-state index contributed by atoms with van der Waals surface area (Å²) in [6, 6.07) is 30.2. The Hall–Kier alpha value is -4.99. The number of halogens is 1. The Morgan fingerprint density at radius 3 is 1.23 bits per heavy atom. The number of fused-ring (bicyclic) bond motifs is 6. The van der Waals surface area contributed by atoms with Gasteiger partial charge in [-0.15, -0.1) is 0 Å². The molecule has 13 heteroatoms. The van der Waals surface area contributed by atoms with Crippen LogP contribution in [-0.4, -0.2) is 89.0 Å². The zero-order valence-corrected chi connectivity index (χ0v) is 44.4. The van der Waals surface area contributed by atoms with Crippen LogP contribution in [-0.2, 0) is 33.3 Å². The third-order valence-corrected chi connectivity index (χ3v) is 12.3. The van der Waals surface area contributed by atoms with Crippen LogP contribution in [0.5, 0.6) is 0 Å². The third-order valence-electron chi connectivity index (χ3n) is 11.5. The fourth-order valence-corrected chi connectivity index (χ4v) is 9.03. The third kappa shape index (κ3) is 17.4. The maximum absolute atomic E-state index is 12.8. The van der Waals surface area contributed by atoms with E-state index in [-0.39, 0.29) is 25.0 Å². The molecule has 0 aliphatic heterocycles. The summed E-state index contributed by atoms with van der Waals surface area (Å²) in [7, 11) is 0. The topological polar surface area (TPSA) is 159 Å². The smallest absolute Gasteiger partial charge is 0.407 e. The van der Waals surface area contributed by atoms with Gasteiger partial charge in [0, 0.05) is 11.8 Å². The van der Waals surface area contributed by atoms with Crippen molar-refractivity contribution in [2.24, 2.45) is 0 Å². The largest absolute Gasteiger partial charge is 0.480 e. The van der Waals surface area contributed by atoms with Gasteiger partial charge >= 0.3 is 24.1 Å². The van der Waals surface area contributed by atoms with Crippen molar-refractivity contribution in [1.82, 2.24) is 10.6 Å². The number of nitrogens with one attached hydrogen (secondary N) is 2. The van der Waals surface area contributed by atoms with Crippen molar-refractivity contribution >= 4 is 46.7 Å². The van der Waals surface area contributed by atoms with E-state index in [1.54, 1.807) is 13.8 Å². The minimum atomic E-state index is -1.20. The summed E-state index contributed by atoms with van der Waals surface area (Å²) >= 11 is 2.41. The van der Waals surface area contributed by atoms with Gasteiger partial charge in [-0.3, -0.25) is 0 Å². The first-order chi connectivity index (χ1) is 32.8. The number of unbranched alkanes of at least 4 members (excludes halogenated alkanes) is 4. The molecule has 0 radical (unpaired) electrons. The first kappa shape index (κ1) is 56.6. The fraction of sp³-hybridized carbons (Fsp3) is 0.500. The minimum absolute atomic E-state index is 0.0548. The van der Waals surface area contributed by atoms with Crippen LogP contribution in [0, 0.1) is 0 Å². The maximum Gasteiger partial charge on any atom is 0.407 e. The molecular formula is C56H75IN2O10. The van der Waals surface area contributed by atoms with Gasteiger partial charge in [0.1, 0.15) is 13.2 Å². The molecule has 4 atom stereocenters. The summed E-state index contributed by atoms with van der Waals surface area (Å²) in [5.74, 6) is -1.82. The molecule has 2 aliphatic carbocycles. The van der Waals surface area contributed by atoms with Crippen molar-refractivity contribution in [3.8, 4) is 22.3 Å². The number of hydrogen-bond acceptors (Lipinski definition) is 9. The van der Waals surface area contributed by atoms with Crippen LogP contribution in [0.3, 0.4) is 0 Å². The molecule has 6 rings (SSSR count). The summed E-state index contributed by atoms with van der Waals surface area (Å²) in [5, 5.41) is 14.6. The normalized spacial score (nSPS) is 14.4. The number of carboxylic acids is 1. The molecule has 0 bridgehead atoms. The zero-order chi connectivity index (χ0) is 50.7. The molecule has 0 aromatic heterocycles. The molecule has 69 heavy (non-hydrogen) atoms. The first-order valence-electron chi connectivity index (χ1n) is 24.3. The lowest BCUT2D eigenvalue weighted by Crippen LogP contribution is -2.51. The lowest BCUT2D eigenvalue weighted by atomic mass is 9.98. The Labute approximate surface area is 424 Å². The second-order valence-electron chi connectivity index (χ2n) is 19.4. The highest BCUT2D eigenvalue weighted by atomic mass is 127. The molecule has 4 aromatic carbocycles. The van der Waals surface area contributed by atoms with Crippen molar-refractivity contribution in [1.29, 1.82) is 0 Å². The lowest BCUT2D eigenvalue weighted by molar-refractivity contribution is -0.153. The number of amides is 2. The van der Waals surface area contributed by atoms with Gasteiger partial charge in [-0.05, 0) is 117 Å². The van der Waals surface area contributed by atoms with Crippen LogP contribution in [0.15, 0.2) is 97.1 Å². The Balaban J connectivity index is 0.000000271. The average molecular weight is 1060 g/mol. The second-order valence-corrected chi connectivity index (χ2v) is 20.5. The Kier molecular flexibility index (Phi) is 22.5. The van der Waals surface area contributed by atoms with E-state index in [0.29, 0.717) is 6.61 Å². The van der Waals surface area contributed by atoms with Gasteiger partial charge in [-0.1, -0.05) is 159 Å². The summed E-state index contributed by atoms with van der Waals surface area (Å²) in [4.78, 5) is 49.5. The molecule has 2 aliphatic rings. The van der Waals surface area contributed by atoms with E-state index >= 15 is 0 Å². The SMILES string of the molecule is CC(OC(C)(C)C)[C@H](NC(=O)OCC1c2ccccc2-c2ccccc21)C(=O)O.CCCCCI.CCCCCOC(=O)[C@@H](NC(=O)OCC1c2ccccc2-c2ccccc21)C(C)OC(C)(C)C.